The van der Waals surface area contributed by atoms with E-state index in [1.807, 2.05) is 6.92 Å². The molecule has 190 valence electrons. The van der Waals surface area contributed by atoms with Crippen LogP contribution < -0.4 is 13.8 Å². The molecule has 0 aliphatic carbocycles. The molecule has 0 radical (unpaired) electrons. The Hall–Kier alpha value is -3.74. The number of benzene rings is 3. The molecule has 37 heavy (non-hydrogen) atoms. The van der Waals surface area contributed by atoms with E-state index < -0.39 is 15.0 Å². The van der Waals surface area contributed by atoms with Gasteiger partial charge in [-0.3, -0.25) is 19.8 Å². The molecule has 0 bridgehead atoms. The fraction of sp³-hybridized carbons (Fsp3) is 0.120. The van der Waals surface area contributed by atoms with Gasteiger partial charge in [0.2, 0.25) is 0 Å². The van der Waals surface area contributed by atoms with Gasteiger partial charge in [0.15, 0.2) is 4.32 Å². The molecular weight excluding hydrogens is 536 g/mol. The first-order chi connectivity index (χ1) is 17.6. The van der Waals surface area contributed by atoms with E-state index in [4.69, 9.17) is 21.1 Å². The maximum absolute atomic E-state index is 13.0. The van der Waals surface area contributed by atoms with E-state index in [9.17, 15) is 23.3 Å². The van der Waals surface area contributed by atoms with Gasteiger partial charge in [0.1, 0.15) is 16.4 Å². The second-order valence-corrected chi connectivity index (χ2v) is 11.0. The Bertz CT molecular complexity index is 1520. The van der Waals surface area contributed by atoms with Gasteiger partial charge in [0.05, 0.1) is 22.1 Å². The molecule has 9 nitrogen and oxygen atoms in total. The summed E-state index contributed by atoms with van der Waals surface area (Å²) < 4.78 is 36.2. The van der Waals surface area contributed by atoms with Crippen LogP contribution in [0.5, 0.6) is 11.5 Å². The van der Waals surface area contributed by atoms with Crippen molar-refractivity contribution in [3.63, 3.8) is 0 Å². The van der Waals surface area contributed by atoms with Gasteiger partial charge >= 0.3 is 10.1 Å². The normalized spacial score (nSPS) is 14.8. The molecule has 3 aromatic rings. The molecule has 3 aromatic carbocycles. The number of thiocarbonyl (C=S) groups is 1. The van der Waals surface area contributed by atoms with Crippen LogP contribution in [0.3, 0.4) is 0 Å². The van der Waals surface area contributed by atoms with Crippen LogP contribution in [0.25, 0.3) is 6.08 Å². The Morgan fingerprint density at radius 1 is 1.05 bits per heavy atom. The van der Waals surface area contributed by atoms with Crippen LogP contribution in [0.2, 0.25) is 0 Å². The predicted molar refractivity (Wildman–Crippen MR) is 145 cm³/mol. The minimum atomic E-state index is -4.29. The van der Waals surface area contributed by atoms with Crippen molar-refractivity contribution in [2.45, 2.75) is 18.7 Å². The largest absolute Gasteiger partial charge is 0.494 e. The zero-order valence-electron chi connectivity index (χ0n) is 19.6. The highest BCUT2D eigenvalue weighted by Gasteiger charge is 2.33. The molecule has 12 heteroatoms. The topological polar surface area (TPSA) is 116 Å². The number of nitro groups is 1. The minimum absolute atomic E-state index is 0.0160. The molecule has 0 N–H and O–H groups in total. The summed E-state index contributed by atoms with van der Waals surface area (Å²) in [6, 6.07) is 16.6. The number of nitrogens with zero attached hydrogens (tertiary/aromatic N) is 2. The Balaban J connectivity index is 1.49. The van der Waals surface area contributed by atoms with Crippen molar-refractivity contribution in [3.05, 3.63) is 92.9 Å². The summed E-state index contributed by atoms with van der Waals surface area (Å²) in [4.78, 5) is 25.0. The van der Waals surface area contributed by atoms with Gasteiger partial charge in [0, 0.05) is 11.6 Å². The van der Waals surface area contributed by atoms with Crippen LogP contribution in [0, 0.1) is 17.0 Å². The Morgan fingerprint density at radius 2 is 1.70 bits per heavy atom. The van der Waals surface area contributed by atoms with E-state index in [1.54, 1.807) is 42.5 Å². The standard InChI is InChI=1S/C25H20N2O7S3/c1-3-33-19-11-7-18(8-12-19)26-24(28)23(36-25(26)35)14-17-5-9-20(10-6-17)34-37(31,32)21-13-4-16(2)22(15-21)27(29)30/h4-15H,3H2,1-2H3/b23-14-. The Kier molecular flexibility index (Phi) is 7.62. The number of ether oxygens (including phenoxy) is 1. The van der Waals surface area contributed by atoms with Crippen LogP contribution >= 0.6 is 24.0 Å². The van der Waals surface area contributed by atoms with E-state index in [2.05, 4.69) is 0 Å². The first-order valence-electron chi connectivity index (χ1n) is 10.9. The summed E-state index contributed by atoms with van der Waals surface area (Å²) in [6.45, 7) is 3.93. The summed E-state index contributed by atoms with van der Waals surface area (Å²) in [6.07, 6.45) is 1.65. The van der Waals surface area contributed by atoms with Crippen molar-refractivity contribution >= 4 is 61.8 Å². The first-order valence-corrected chi connectivity index (χ1v) is 13.5. The molecule has 0 spiro atoms. The maximum Gasteiger partial charge on any atom is 0.339 e. The molecule has 4 rings (SSSR count). The molecule has 1 saturated heterocycles. The Morgan fingerprint density at radius 3 is 2.32 bits per heavy atom. The van der Waals surface area contributed by atoms with Crippen molar-refractivity contribution in [1.82, 2.24) is 0 Å². The molecule has 1 amide bonds. The van der Waals surface area contributed by atoms with Crippen LogP contribution in [0.4, 0.5) is 11.4 Å². The third kappa shape index (κ3) is 5.82. The summed E-state index contributed by atoms with van der Waals surface area (Å²) in [5.74, 6) is 0.433. The van der Waals surface area contributed by atoms with Crippen molar-refractivity contribution in [2.75, 3.05) is 11.5 Å². The second-order valence-electron chi connectivity index (χ2n) is 7.76. The number of carbonyl (C=O) groups is 1. The highest BCUT2D eigenvalue weighted by Crippen LogP contribution is 2.36. The molecule has 0 unspecified atom stereocenters. The number of anilines is 1. The number of thioether (sulfide) groups is 1. The third-order valence-electron chi connectivity index (χ3n) is 5.25. The highest BCUT2D eigenvalue weighted by atomic mass is 32.2. The van der Waals surface area contributed by atoms with Gasteiger partial charge in [-0.25, -0.2) is 0 Å². The molecule has 0 atom stereocenters. The lowest BCUT2D eigenvalue weighted by Gasteiger charge is -2.15. The summed E-state index contributed by atoms with van der Waals surface area (Å²) >= 11 is 6.56. The number of hydrogen-bond donors (Lipinski definition) is 0. The van der Waals surface area contributed by atoms with Gasteiger partial charge in [-0.2, -0.15) is 8.42 Å². The average Bonchev–Trinajstić information content (AvgIpc) is 3.13. The van der Waals surface area contributed by atoms with Gasteiger partial charge < -0.3 is 8.92 Å². The molecular formula is C25H20N2O7S3. The molecule has 1 aliphatic heterocycles. The number of nitro benzene ring substituents is 1. The summed E-state index contributed by atoms with van der Waals surface area (Å²) in [7, 11) is -4.29. The quantitative estimate of drug-likeness (QED) is 0.117. The van der Waals surface area contributed by atoms with Crippen LogP contribution in [0.1, 0.15) is 18.1 Å². The zero-order chi connectivity index (χ0) is 26.7. The van der Waals surface area contributed by atoms with Gasteiger partial charge in [0.25, 0.3) is 11.6 Å². The van der Waals surface area contributed by atoms with Gasteiger partial charge in [-0.15, -0.1) is 0 Å². The van der Waals surface area contributed by atoms with E-state index in [1.165, 1.54) is 36.1 Å². The Labute approximate surface area is 223 Å². The second kappa shape index (κ2) is 10.7. The number of amides is 1. The predicted octanol–water partition coefficient (Wildman–Crippen LogP) is 5.48. The lowest BCUT2D eigenvalue weighted by molar-refractivity contribution is -0.385. The maximum atomic E-state index is 13.0. The number of aryl methyl sites for hydroxylation is 1. The molecule has 1 heterocycles. The van der Waals surface area contributed by atoms with Crippen molar-refractivity contribution < 1.29 is 27.1 Å². The molecule has 0 aromatic heterocycles. The van der Waals surface area contributed by atoms with Gasteiger partial charge in [-0.05, 0) is 68.0 Å². The molecule has 1 aliphatic rings. The fourth-order valence-electron chi connectivity index (χ4n) is 3.44. The SMILES string of the molecule is CCOc1ccc(N2C(=O)/C(=C/c3ccc(OS(=O)(=O)c4ccc(C)c([N+](=O)[O-])c4)cc3)SC2=S)cc1. The van der Waals surface area contributed by atoms with E-state index >= 15 is 0 Å². The monoisotopic (exact) mass is 556 g/mol. The smallest absolute Gasteiger partial charge is 0.339 e. The highest BCUT2D eigenvalue weighted by molar-refractivity contribution is 8.27. The van der Waals surface area contributed by atoms with E-state index in [0.717, 1.165) is 17.8 Å². The van der Waals surface area contributed by atoms with E-state index in [0.29, 0.717) is 38.4 Å². The lowest BCUT2D eigenvalue weighted by atomic mass is 10.2. The zero-order valence-corrected chi connectivity index (χ0v) is 22.1. The molecule has 1 fully saturated rings. The molecule has 0 saturated carbocycles. The van der Waals surface area contributed by atoms with E-state index in [-0.39, 0.29) is 22.2 Å². The van der Waals surface area contributed by atoms with Crippen molar-refractivity contribution in [3.8, 4) is 11.5 Å². The van der Waals surface area contributed by atoms with Crippen LogP contribution in [-0.2, 0) is 14.9 Å². The lowest BCUT2D eigenvalue weighted by Crippen LogP contribution is -2.27. The average molecular weight is 557 g/mol. The first kappa shape index (κ1) is 26.3. The summed E-state index contributed by atoms with van der Waals surface area (Å²) in [5.41, 5.74) is 1.27. The number of carbonyl (C=O) groups excluding carboxylic acids is 1. The van der Waals surface area contributed by atoms with Crippen molar-refractivity contribution in [1.29, 1.82) is 0 Å². The minimum Gasteiger partial charge on any atom is -0.494 e. The van der Waals surface area contributed by atoms with Crippen LogP contribution in [-0.4, -0.2) is 30.2 Å². The number of hydrogen-bond acceptors (Lipinski definition) is 9. The van der Waals surface area contributed by atoms with Gasteiger partial charge in [-0.1, -0.05) is 42.2 Å². The third-order valence-corrected chi connectivity index (χ3v) is 7.79. The number of rotatable bonds is 8. The summed E-state index contributed by atoms with van der Waals surface area (Å²) in [5, 5.41) is 11.1. The fourth-order valence-corrected chi connectivity index (χ4v) is 5.69. The van der Waals surface area contributed by atoms with Crippen molar-refractivity contribution in [2.24, 2.45) is 0 Å². The van der Waals surface area contributed by atoms with Crippen LogP contribution in [0.15, 0.2) is 76.5 Å².